The molecule has 1 unspecified atom stereocenters. The molecule has 0 amide bonds. The lowest BCUT2D eigenvalue weighted by molar-refractivity contribution is 0.103. The molecule has 24 heavy (non-hydrogen) atoms. The number of unbranched alkanes of at least 4 members (excludes halogenated alkanes) is 1. The quantitative estimate of drug-likeness (QED) is 0.629. The van der Waals surface area contributed by atoms with Crippen LogP contribution in [-0.4, -0.2) is 16.8 Å². The average Bonchev–Trinajstić information content (AvgIpc) is 2.60. The molecule has 128 valence electrons. The van der Waals surface area contributed by atoms with Crippen LogP contribution in [0.2, 0.25) is 0 Å². The smallest absolute Gasteiger partial charge is 0.197 e. The van der Waals surface area contributed by atoms with Crippen molar-refractivity contribution in [3.8, 4) is 0 Å². The van der Waals surface area contributed by atoms with E-state index in [-0.39, 0.29) is 5.78 Å². The van der Waals surface area contributed by atoms with Crippen LogP contribution in [0.3, 0.4) is 0 Å². The number of aromatic nitrogens is 1. The van der Waals surface area contributed by atoms with E-state index in [0.29, 0.717) is 17.4 Å². The Morgan fingerprint density at radius 3 is 2.50 bits per heavy atom. The van der Waals surface area contributed by atoms with Crippen molar-refractivity contribution in [2.75, 3.05) is 5.32 Å². The molecule has 3 nitrogen and oxygen atoms in total. The molecule has 3 heteroatoms. The van der Waals surface area contributed by atoms with E-state index in [0.717, 1.165) is 30.4 Å². The first-order valence-electron chi connectivity index (χ1n) is 8.99. The number of benzene rings is 1. The first-order chi connectivity index (χ1) is 11.7. The number of pyridine rings is 1. The van der Waals surface area contributed by atoms with Crippen LogP contribution in [0.15, 0.2) is 42.6 Å². The molecule has 0 fully saturated rings. The first-order valence-corrected chi connectivity index (χ1v) is 8.99. The molecule has 1 aromatic carbocycles. The van der Waals surface area contributed by atoms with Crippen LogP contribution in [0, 0.1) is 6.92 Å². The summed E-state index contributed by atoms with van der Waals surface area (Å²) >= 11 is 0. The fraction of sp³-hybridized carbons (Fsp3) is 0.429. The van der Waals surface area contributed by atoms with Crippen LogP contribution in [0.25, 0.3) is 0 Å². The van der Waals surface area contributed by atoms with Crippen molar-refractivity contribution in [3.05, 3.63) is 59.3 Å². The van der Waals surface area contributed by atoms with Crippen molar-refractivity contribution in [3.63, 3.8) is 0 Å². The van der Waals surface area contributed by atoms with Gasteiger partial charge in [-0.25, -0.2) is 4.98 Å². The number of anilines is 1. The molecule has 2 aromatic rings. The summed E-state index contributed by atoms with van der Waals surface area (Å²) in [6.07, 6.45) is 7.44. The molecular weight excluding hydrogens is 296 g/mol. The topological polar surface area (TPSA) is 42.0 Å². The molecule has 0 saturated heterocycles. The predicted molar refractivity (Wildman–Crippen MR) is 101 cm³/mol. The van der Waals surface area contributed by atoms with Gasteiger partial charge >= 0.3 is 0 Å². The van der Waals surface area contributed by atoms with E-state index in [9.17, 15) is 4.79 Å². The maximum Gasteiger partial charge on any atom is 0.197 e. The third-order valence-corrected chi connectivity index (χ3v) is 4.33. The van der Waals surface area contributed by atoms with Crippen LogP contribution in [0.4, 0.5) is 5.82 Å². The van der Waals surface area contributed by atoms with E-state index in [4.69, 9.17) is 0 Å². The number of carbonyl (C=O) groups excluding carboxylic acids is 1. The number of hydrogen-bond acceptors (Lipinski definition) is 3. The summed E-state index contributed by atoms with van der Waals surface area (Å²) in [6, 6.07) is 11.8. The lowest BCUT2D eigenvalue weighted by atomic mass is 9.99. The van der Waals surface area contributed by atoms with Gasteiger partial charge in [-0.15, -0.1) is 0 Å². The van der Waals surface area contributed by atoms with Gasteiger partial charge in [0.05, 0.1) is 5.56 Å². The molecule has 2 rings (SSSR count). The number of aryl methyl sites for hydroxylation is 1. The average molecular weight is 324 g/mol. The molecule has 0 aliphatic heterocycles. The predicted octanol–water partition coefficient (Wildman–Crippen LogP) is 5.39. The third kappa shape index (κ3) is 4.67. The van der Waals surface area contributed by atoms with Crippen molar-refractivity contribution < 1.29 is 4.79 Å². The highest BCUT2D eigenvalue weighted by Crippen LogP contribution is 2.21. The summed E-state index contributed by atoms with van der Waals surface area (Å²) < 4.78 is 0. The van der Waals surface area contributed by atoms with E-state index in [1.165, 1.54) is 12.8 Å². The molecule has 0 spiro atoms. The number of nitrogens with zero attached hydrogens (tertiary/aromatic N) is 1. The van der Waals surface area contributed by atoms with Crippen molar-refractivity contribution in [2.24, 2.45) is 0 Å². The van der Waals surface area contributed by atoms with Gasteiger partial charge in [0.15, 0.2) is 5.78 Å². The molecule has 0 aliphatic rings. The Labute approximate surface area is 145 Å². The van der Waals surface area contributed by atoms with Crippen molar-refractivity contribution >= 4 is 11.6 Å². The van der Waals surface area contributed by atoms with Gasteiger partial charge in [0.2, 0.25) is 0 Å². The van der Waals surface area contributed by atoms with E-state index < -0.39 is 0 Å². The van der Waals surface area contributed by atoms with E-state index in [1.54, 1.807) is 6.20 Å². The molecular formula is C21H28N2O. The highest BCUT2D eigenvalue weighted by Gasteiger charge is 2.18. The second-order valence-corrected chi connectivity index (χ2v) is 6.32. The lowest BCUT2D eigenvalue weighted by Gasteiger charge is -2.20. The van der Waals surface area contributed by atoms with E-state index in [2.05, 4.69) is 24.1 Å². The summed E-state index contributed by atoms with van der Waals surface area (Å²) in [5.41, 5.74) is 2.40. The maximum absolute atomic E-state index is 13.0. The Balaban J connectivity index is 2.26. The first kappa shape index (κ1) is 18.2. The third-order valence-electron chi connectivity index (χ3n) is 4.33. The number of carbonyl (C=O) groups is 1. The van der Waals surface area contributed by atoms with Gasteiger partial charge in [0.1, 0.15) is 5.82 Å². The summed E-state index contributed by atoms with van der Waals surface area (Å²) in [5.74, 6) is 0.745. The largest absolute Gasteiger partial charge is 0.367 e. The minimum absolute atomic E-state index is 0.0365. The second-order valence-electron chi connectivity index (χ2n) is 6.32. The Morgan fingerprint density at radius 2 is 1.79 bits per heavy atom. The second kappa shape index (κ2) is 9.21. The fourth-order valence-corrected chi connectivity index (χ4v) is 2.96. The Hall–Kier alpha value is -2.16. The maximum atomic E-state index is 13.0. The summed E-state index contributed by atoms with van der Waals surface area (Å²) in [4.78, 5) is 17.4. The van der Waals surface area contributed by atoms with E-state index >= 15 is 0 Å². The van der Waals surface area contributed by atoms with Crippen LogP contribution >= 0.6 is 0 Å². The SMILES string of the molecule is CCCCC(CCC)Nc1ncccc1C(=O)c1ccccc1C. The number of rotatable bonds is 9. The molecule has 1 N–H and O–H groups in total. The molecule has 1 heterocycles. The zero-order chi connectivity index (χ0) is 17.4. The molecule has 0 saturated carbocycles. The molecule has 0 radical (unpaired) electrons. The van der Waals surface area contributed by atoms with Gasteiger partial charge in [0, 0.05) is 17.8 Å². The van der Waals surface area contributed by atoms with Gasteiger partial charge in [0.25, 0.3) is 0 Å². The summed E-state index contributed by atoms with van der Waals surface area (Å²) in [5, 5.41) is 3.52. The minimum atomic E-state index is 0.0365. The molecule has 0 bridgehead atoms. The van der Waals surface area contributed by atoms with Crippen molar-refractivity contribution in [2.45, 2.75) is 58.9 Å². The molecule has 1 aromatic heterocycles. The Morgan fingerprint density at radius 1 is 1.04 bits per heavy atom. The zero-order valence-corrected chi connectivity index (χ0v) is 15.0. The van der Waals surface area contributed by atoms with Crippen LogP contribution < -0.4 is 5.32 Å². The monoisotopic (exact) mass is 324 g/mol. The van der Waals surface area contributed by atoms with Crippen molar-refractivity contribution in [1.82, 2.24) is 4.98 Å². The normalized spacial score (nSPS) is 12.0. The van der Waals surface area contributed by atoms with Gasteiger partial charge < -0.3 is 5.32 Å². The molecule has 0 aliphatic carbocycles. The van der Waals surface area contributed by atoms with Gasteiger partial charge in [-0.05, 0) is 37.5 Å². The standard InChI is InChI=1S/C21H28N2O/c1-4-6-12-17(10-5-2)23-21-19(14-9-15-22-21)20(24)18-13-8-7-11-16(18)3/h7-9,11,13-15,17H,4-6,10,12H2,1-3H3,(H,22,23). The summed E-state index contributed by atoms with van der Waals surface area (Å²) in [7, 11) is 0. The highest BCUT2D eigenvalue weighted by molar-refractivity contribution is 6.12. The Kier molecular flexibility index (Phi) is 6.98. The minimum Gasteiger partial charge on any atom is -0.367 e. The number of nitrogens with one attached hydrogen (secondary N) is 1. The van der Waals surface area contributed by atoms with E-state index in [1.807, 2.05) is 43.3 Å². The fourth-order valence-electron chi connectivity index (χ4n) is 2.96. The van der Waals surface area contributed by atoms with Crippen LogP contribution in [-0.2, 0) is 0 Å². The summed E-state index contributed by atoms with van der Waals surface area (Å²) in [6.45, 7) is 6.37. The van der Waals surface area contributed by atoms with Crippen LogP contribution in [0.1, 0.15) is 67.4 Å². The van der Waals surface area contributed by atoms with Crippen molar-refractivity contribution in [1.29, 1.82) is 0 Å². The Bertz CT molecular complexity index is 666. The van der Waals surface area contributed by atoms with Gasteiger partial charge in [-0.3, -0.25) is 4.79 Å². The van der Waals surface area contributed by atoms with Crippen LogP contribution in [0.5, 0.6) is 0 Å². The lowest BCUT2D eigenvalue weighted by Crippen LogP contribution is -2.22. The van der Waals surface area contributed by atoms with Gasteiger partial charge in [-0.2, -0.15) is 0 Å². The number of ketones is 1. The molecule has 1 atom stereocenters. The highest BCUT2D eigenvalue weighted by atomic mass is 16.1. The van der Waals surface area contributed by atoms with Gasteiger partial charge in [-0.1, -0.05) is 57.4 Å². The number of hydrogen-bond donors (Lipinski definition) is 1. The zero-order valence-electron chi connectivity index (χ0n) is 15.0.